The first-order chi connectivity index (χ1) is 23.6. The van der Waals surface area contributed by atoms with Crippen LogP contribution in [0.4, 0.5) is 26.3 Å². The van der Waals surface area contributed by atoms with Crippen molar-refractivity contribution >= 4 is 53.7 Å². The summed E-state index contributed by atoms with van der Waals surface area (Å²) < 4.78 is 124. The van der Waals surface area contributed by atoms with E-state index in [0.29, 0.717) is 0 Å². The van der Waals surface area contributed by atoms with E-state index in [4.69, 9.17) is 30.7 Å². The van der Waals surface area contributed by atoms with Crippen LogP contribution in [0.1, 0.15) is 11.1 Å². The molecule has 0 heterocycles. The first kappa shape index (κ1) is 41.8. The van der Waals surface area contributed by atoms with E-state index in [1.807, 2.05) is 12.1 Å². The zero-order valence-corrected chi connectivity index (χ0v) is 30.9. The summed E-state index contributed by atoms with van der Waals surface area (Å²) in [5.41, 5.74) is -6.20. The van der Waals surface area contributed by atoms with Crippen molar-refractivity contribution in [1.82, 2.24) is 0 Å². The Balaban J connectivity index is 0.000000366. The summed E-state index contributed by atoms with van der Waals surface area (Å²) >= 11 is 2.38. The van der Waals surface area contributed by atoms with Crippen LogP contribution in [0.3, 0.4) is 0 Å². The van der Waals surface area contributed by atoms with Crippen molar-refractivity contribution in [3.63, 3.8) is 0 Å². The highest BCUT2D eigenvalue weighted by atomic mass is 127. The number of hydrogen-bond acceptors (Lipinski definition) is 6. The number of rotatable bonds is 6. The standard InChI is InChI=1S/C32H26IOS.2CHF3O3S/c1-23-7-17-28(18-8-23)35(29-19-9-24(2)10-20-29)30-21-15-27(16-22-30)34-26-13-11-25(12-14-26)31-5-3-4-6-32(31)33;2*2-1(3,4)8(5,6)7/h3-22H,1-2H3;2*(H,5,6,7)/q+1;;/p-1. The van der Waals surface area contributed by atoms with Gasteiger partial charge in [-0.15, -0.1) is 0 Å². The lowest BCUT2D eigenvalue weighted by Gasteiger charge is -2.11. The molecule has 0 saturated carbocycles. The average molecular weight is 885 g/mol. The Kier molecular flexibility index (Phi) is 14.1. The summed E-state index contributed by atoms with van der Waals surface area (Å²) in [6.07, 6.45) is 0. The molecule has 0 atom stereocenters. The minimum atomic E-state index is -6.09. The Hall–Kier alpha value is -3.62. The Bertz CT molecular complexity index is 2020. The Morgan fingerprint density at radius 1 is 0.608 bits per heavy atom. The number of alkyl halides is 6. The monoisotopic (exact) mass is 884 g/mol. The second kappa shape index (κ2) is 17.3. The SMILES string of the molecule is Cc1ccc([S+](c2ccc(C)cc2)c2ccc(Oc3ccc(-c4ccccc4I)cc3)cc2)cc1.O=S(=O)(O)C(F)(F)F.O=S(=O)([O-])C(F)(F)F. The molecule has 5 rings (SSSR count). The van der Waals surface area contributed by atoms with Crippen LogP contribution < -0.4 is 4.74 Å². The van der Waals surface area contributed by atoms with Gasteiger partial charge < -0.3 is 9.29 Å². The number of aryl methyl sites for hydroxylation is 2. The number of benzene rings is 5. The molecular formula is C34H27F6IO7S3. The van der Waals surface area contributed by atoms with Crippen LogP contribution in [0.5, 0.6) is 11.5 Å². The van der Waals surface area contributed by atoms with Crippen LogP contribution in [0.2, 0.25) is 0 Å². The molecule has 5 aromatic rings. The molecule has 0 aliphatic rings. The fraction of sp³-hybridized carbons (Fsp3) is 0.118. The van der Waals surface area contributed by atoms with Crippen molar-refractivity contribution in [3.05, 3.63) is 136 Å². The molecular weight excluding hydrogens is 857 g/mol. The minimum absolute atomic E-state index is 0.169. The molecule has 0 aromatic heterocycles. The van der Waals surface area contributed by atoms with Crippen molar-refractivity contribution in [1.29, 1.82) is 0 Å². The third-order valence-electron chi connectivity index (χ3n) is 6.42. The molecule has 0 aliphatic heterocycles. The van der Waals surface area contributed by atoms with Crippen LogP contribution in [0.25, 0.3) is 11.1 Å². The van der Waals surface area contributed by atoms with Crippen molar-refractivity contribution in [2.75, 3.05) is 0 Å². The molecule has 0 radical (unpaired) electrons. The topological polar surface area (TPSA) is 121 Å². The number of halogens is 7. The molecule has 0 aliphatic carbocycles. The minimum Gasteiger partial charge on any atom is -0.741 e. The zero-order valence-electron chi connectivity index (χ0n) is 26.3. The molecule has 17 heteroatoms. The Morgan fingerprint density at radius 2 is 0.941 bits per heavy atom. The summed E-state index contributed by atoms with van der Waals surface area (Å²) in [4.78, 5) is 3.91. The van der Waals surface area contributed by atoms with Gasteiger partial charge in [0, 0.05) is 3.57 Å². The van der Waals surface area contributed by atoms with E-state index < -0.39 is 31.3 Å². The fourth-order valence-corrected chi connectivity index (χ4v) is 6.67. The number of hydrogen-bond donors (Lipinski definition) is 1. The zero-order chi connectivity index (χ0) is 38.2. The van der Waals surface area contributed by atoms with E-state index in [-0.39, 0.29) is 10.9 Å². The Labute approximate surface area is 307 Å². The first-order valence-electron chi connectivity index (χ1n) is 14.1. The molecule has 0 bridgehead atoms. The molecule has 51 heavy (non-hydrogen) atoms. The van der Waals surface area contributed by atoms with E-state index in [1.165, 1.54) is 40.5 Å². The third kappa shape index (κ3) is 12.5. The van der Waals surface area contributed by atoms with Crippen molar-refractivity contribution in [2.45, 2.75) is 39.6 Å². The maximum atomic E-state index is 10.7. The number of ether oxygens (including phenoxy) is 1. The molecule has 0 amide bonds. The van der Waals surface area contributed by atoms with Crippen LogP contribution in [0, 0.1) is 17.4 Å². The fourth-order valence-electron chi connectivity index (χ4n) is 3.93. The van der Waals surface area contributed by atoms with Crippen LogP contribution >= 0.6 is 22.6 Å². The molecule has 0 fully saturated rings. The quantitative estimate of drug-likeness (QED) is 0.0593. The smallest absolute Gasteiger partial charge is 0.522 e. The summed E-state index contributed by atoms with van der Waals surface area (Å²) in [5, 5.41) is 0. The van der Waals surface area contributed by atoms with E-state index in [1.54, 1.807) is 0 Å². The van der Waals surface area contributed by atoms with Gasteiger partial charge in [0.25, 0.3) is 0 Å². The third-order valence-corrected chi connectivity index (χ3v) is 10.7. The van der Waals surface area contributed by atoms with E-state index in [0.717, 1.165) is 11.5 Å². The van der Waals surface area contributed by atoms with E-state index in [2.05, 4.69) is 146 Å². The van der Waals surface area contributed by atoms with Crippen molar-refractivity contribution in [2.24, 2.45) is 0 Å². The van der Waals surface area contributed by atoms with Gasteiger partial charge in [0.15, 0.2) is 24.8 Å². The Morgan fingerprint density at radius 3 is 1.27 bits per heavy atom. The molecule has 0 saturated heterocycles. The summed E-state index contributed by atoms with van der Waals surface area (Å²) in [5.74, 6) is 1.68. The molecule has 0 unspecified atom stereocenters. The lowest BCUT2D eigenvalue weighted by molar-refractivity contribution is -0.0519. The van der Waals surface area contributed by atoms with Gasteiger partial charge >= 0.3 is 21.1 Å². The molecule has 7 nitrogen and oxygen atoms in total. The molecule has 5 aromatic carbocycles. The predicted molar refractivity (Wildman–Crippen MR) is 189 cm³/mol. The van der Waals surface area contributed by atoms with E-state index >= 15 is 0 Å². The summed E-state index contributed by atoms with van der Waals surface area (Å²) in [6.45, 7) is 4.26. The normalized spacial score (nSPS) is 11.9. The molecule has 272 valence electrons. The molecule has 0 spiro atoms. The van der Waals surface area contributed by atoms with Crippen LogP contribution in [0.15, 0.2) is 136 Å². The molecule has 1 N–H and O–H groups in total. The summed E-state index contributed by atoms with van der Waals surface area (Å²) in [7, 11) is -12.1. The summed E-state index contributed by atoms with van der Waals surface area (Å²) in [6, 6.07) is 43.0. The second-order valence-electron chi connectivity index (χ2n) is 10.3. The van der Waals surface area contributed by atoms with Gasteiger partial charge in [0.1, 0.15) is 11.5 Å². The van der Waals surface area contributed by atoms with Crippen molar-refractivity contribution in [3.8, 4) is 22.6 Å². The van der Waals surface area contributed by atoms with Gasteiger partial charge in [-0.25, -0.2) is 8.42 Å². The highest BCUT2D eigenvalue weighted by Crippen LogP contribution is 2.34. The average Bonchev–Trinajstić information content (AvgIpc) is 3.03. The van der Waals surface area contributed by atoms with E-state index in [9.17, 15) is 26.3 Å². The van der Waals surface area contributed by atoms with Gasteiger partial charge in [-0.2, -0.15) is 34.8 Å². The van der Waals surface area contributed by atoms with Gasteiger partial charge in [-0.1, -0.05) is 65.7 Å². The van der Waals surface area contributed by atoms with Gasteiger partial charge in [0.05, 0.1) is 10.9 Å². The van der Waals surface area contributed by atoms with Gasteiger partial charge in [0.2, 0.25) is 0 Å². The second-order valence-corrected chi connectivity index (χ2v) is 16.3. The largest absolute Gasteiger partial charge is 0.741 e. The van der Waals surface area contributed by atoms with Crippen LogP contribution in [-0.2, 0) is 31.1 Å². The lowest BCUT2D eigenvalue weighted by atomic mass is 10.1. The predicted octanol–water partition coefficient (Wildman–Crippen LogP) is 9.91. The van der Waals surface area contributed by atoms with Gasteiger partial charge in [-0.05, 0) is 114 Å². The van der Waals surface area contributed by atoms with Crippen LogP contribution in [-0.4, -0.2) is 37.0 Å². The van der Waals surface area contributed by atoms with Gasteiger partial charge in [-0.3, -0.25) is 4.55 Å². The highest BCUT2D eigenvalue weighted by Gasteiger charge is 2.44. The first-order valence-corrected chi connectivity index (χ1v) is 19.3. The lowest BCUT2D eigenvalue weighted by Crippen LogP contribution is -2.21. The maximum Gasteiger partial charge on any atom is 0.522 e. The maximum absolute atomic E-state index is 10.7. The van der Waals surface area contributed by atoms with Crippen molar-refractivity contribution < 1.29 is 57.0 Å². The highest BCUT2D eigenvalue weighted by molar-refractivity contribution is 14.1.